The van der Waals surface area contributed by atoms with Crippen LogP contribution in [0.3, 0.4) is 0 Å². The van der Waals surface area contributed by atoms with E-state index in [0.29, 0.717) is 26.8 Å². The third-order valence-electron chi connectivity index (χ3n) is 4.28. The number of methoxy groups -OCH3 is 2. The Morgan fingerprint density at radius 3 is 2.43 bits per heavy atom. The lowest BCUT2D eigenvalue weighted by Gasteiger charge is -2.14. The molecule has 0 spiro atoms. The van der Waals surface area contributed by atoms with Gasteiger partial charge in [-0.3, -0.25) is 4.79 Å². The van der Waals surface area contributed by atoms with Crippen LogP contribution in [0.1, 0.15) is 21.6 Å². The second-order valence-corrected chi connectivity index (χ2v) is 6.59. The summed E-state index contributed by atoms with van der Waals surface area (Å²) < 4.78 is 52.2. The summed E-state index contributed by atoms with van der Waals surface area (Å²) in [5, 5.41) is 6.61. The molecule has 10 heteroatoms. The highest BCUT2D eigenvalue weighted by molar-refractivity contribution is 6.30. The third kappa shape index (κ3) is 4.51. The van der Waals surface area contributed by atoms with Crippen LogP contribution in [-0.2, 0) is 12.7 Å². The summed E-state index contributed by atoms with van der Waals surface area (Å²) in [6.07, 6.45) is -3.92. The molecular weight excluding hydrogens is 423 g/mol. The highest BCUT2D eigenvalue weighted by Crippen LogP contribution is 2.34. The van der Waals surface area contributed by atoms with E-state index < -0.39 is 23.3 Å². The van der Waals surface area contributed by atoms with Crippen LogP contribution in [0, 0.1) is 0 Å². The average molecular weight is 440 g/mol. The molecule has 1 aromatic heterocycles. The summed E-state index contributed by atoms with van der Waals surface area (Å²) in [5.41, 5.74) is -1.11. The van der Waals surface area contributed by atoms with Gasteiger partial charge in [0, 0.05) is 17.1 Å². The van der Waals surface area contributed by atoms with E-state index in [1.165, 1.54) is 38.5 Å². The molecule has 30 heavy (non-hydrogen) atoms. The first-order chi connectivity index (χ1) is 14.2. The lowest BCUT2D eigenvalue weighted by Crippen LogP contribution is -2.26. The summed E-state index contributed by atoms with van der Waals surface area (Å²) >= 11 is 5.80. The molecule has 0 saturated heterocycles. The fourth-order valence-corrected chi connectivity index (χ4v) is 2.98. The molecular formula is C20H17ClF3N3O3. The Morgan fingerprint density at radius 2 is 1.83 bits per heavy atom. The standard InChI is InChI=1S/C20H17ClF3N3O3/c1-29-15-7-8-17(30-2)12(9-15)10-25-19(28)16-11-26-27(18(16)20(22,23)24)14-5-3-13(21)4-6-14/h3-9,11H,10H2,1-2H3,(H,25,28). The Bertz CT molecular complexity index is 1050. The maximum atomic E-state index is 13.7. The van der Waals surface area contributed by atoms with Crippen LogP contribution in [-0.4, -0.2) is 29.9 Å². The molecule has 0 atom stereocenters. The number of alkyl halides is 3. The van der Waals surface area contributed by atoms with E-state index >= 15 is 0 Å². The van der Waals surface area contributed by atoms with E-state index in [4.69, 9.17) is 21.1 Å². The van der Waals surface area contributed by atoms with Crippen molar-refractivity contribution in [2.45, 2.75) is 12.7 Å². The summed E-state index contributed by atoms with van der Waals surface area (Å²) in [5.74, 6) is 0.0583. The molecule has 6 nitrogen and oxygen atoms in total. The predicted molar refractivity (Wildman–Crippen MR) is 104 cm³/mol. The molecule has 0 aliphatic heterocycles. The first-order valence-electron chi connectivity index (χ1n) is 8.65. The molecule has 158 valence electrons. The van der Waals surface area contributed by atoms with Gasteiger partial charge in [0.2, 0.25) is 0 Å². The maximum absolute atomic E-state index is 13.7. The molecule has 1 heterocycles. The van der Waals surface area contributed by atoms with Gasteiger partial charge in [0.05, 0.1) is 31.7 Å². The van der Waals surface area contributed by atoms with Crippen molar-refractivity contribution in [2.24, 2.45) is 0 Å². The number of ether oxygens (including phenoxy) is 2. The third-order valence-corrected chi connectivity index (χ3v) is 4.53. The van der Waals surface area contributed by atoms with Crippen LogP contribution in [0.25, 0.3) is 5.69 Å². The number of hydrogen-bond acceptors (Lipinski definition) is 4. The lowest BCUT2D eigenvalue weighted by atomic mass is 10.1. The number of hydrogen-bond donors (Lipinski definition) is 1. The monoisotopic (exact) mass is 439 g/mol. The topological polar surface area (TPSA) is 65.4 Å². The van der Waals surface area contributed by atoms with Gasteiger partial charge in [0.25, 0.3) is 5.91 Å². The van der Waals surface area contributed by atoms with Gasteiger partial charge >= 0.3 is 6.18 Å². The molecule has 1 N–H and O–H groups in total. The van der Waals surface area contributed by atoms with E-state index in [2.05, 4.69) is 10.4 Å². The molecule has 3 rings (SSSR count). The fourth-order valence-electron chi connectivity index (χ4n) is 2.86. The van der Waals surface area contributed by atoms with E-state index in [1.54, 1.807) is 18.2 Å². The van der Waals surface area contributed by atoms with Crippen molar-refractivity contribution < 1.29 is 27.4 Å². The van der Waals surface area contributed by atoms with Crippen LogP contribution < -0.4 is 14.8 Å². The molecule has 0 aliphatic carbocycles. The van der Waals surface area contributed by atoms with Crippen molar-refractivity contribution in [3.05, 3.63) is 70.5 Å². The Labute approximate surface area is 175 Å². The van der Waals surface area contributed by atoms with Gasteiger partial charge in [-0.2, -0.15) is 18.3 Å². The zero-order valence-electron chi connectivity index (χ0n) is 16.0. The highest BCUT2D eigenvalue weighted by Gasteiger charge is 2.40. The first-order valence-corrected chi connectivity index (χ1v) is 9.02. The van der Waals surface area contributed by atoms with Gasteiger partial charge < -0.3 is 14.8 Å². The van der Waals surface area contributed by atoms with E-state index in [1.807, 2.05) is 0 Å². The zero-order valence-corrected chi connectivity index (χ0v) is 16.7. The van der Waals surface area contributed by atoms with Crippen molar-refractivity contribution in [3.8, 4) is 17.2 Å². The normalized spacial score (nSPS) is 11.3. The Hall–Kier alpha value is -3.20. The number of nitrogens with zero attached hydrogens (tertiary/aromatic N) is 2. The molecule has 1 amide bonds. The van der Waals surface area contributed by atoms with Crippen molar-refractivity contribution >= 4 is 17.5 Å². The smallest absolute Gasteiger partial charge is 0.434 e. The number of nitrogens with one attached hydrogen (secondary N) is 1. The van der Waals surface area contributed by atoms with Crippen LogP contribution >= 0.6 is 11.6 Å². The van der Waals surface area contributed by atoms with Gasteiger partial charge in [-0.05, 0) is 42.5 Å². The summed E-state index contributed by atoms with van der Waals surface area (Å²) in [6.45, 7) is -0.0668. The number of carbonyl (C=O) groups excluding carboxylic acids is 1. The zero-order chi connectivity index (χ0) is 21.9. The van der Waals surface area contributed by atoms with Crippen molar-refractivity contribution in [3.63, 3.8) is 0 Å². The number of halogens is 4. The number of benzene rings is 2. The summed E-state index contributed by atoms with van der Waals surface area (Å²) in [4.78, 5) is 12.6. The second kappa shape index (κ2) is 8.66. The van der Waals surface area contributed by atoms with Gasteiger partial charge in [-0.15, -0.1) is 0 Å². The molecule has 0 fully saturated rings. The van der Waals surface area contributed by atoms with Crippen molar-refractivity contribution in [1.29, 1.82) is 0 Å². The van der Waals surface area contributed by atoms with E-state index in [-0.39, 0.29) is 12.2 Å². The molecule has 0 aliphatic rings. The highest BCUT2D eigenvalue weighted by atomic mass is 35.5. The summed E-state index contributed by atoms with van der Waals surface area (Å²) in [7, 11) is 2.93. The molecule has 0 saturated carbocycles. The lowest BCUT2D eigenvalue weighted by molar-refractivity contribution is -0.143. The van der Waals surface area contributed by atoms with E-state index in [0.717, 1.165) is 6.20 Å². The quantitative estimate of drug-likeness (QED) is 0.614. The van der Waals surface area contributed by atoms with Crippen LogP contribution in [0.2, 0.25) is 5.02 Å². The number of amides is 1. The van der Waals surface area contributed by atoms with Gasteiger partial charge in [0.15, 0.2) is 5.69 Å². The Morgan fingerprint density at radius 1 is 1.13 bits per heavy atom. The molecule has 0 bridgehead atoms. The minimum atomic E-state index is -4.81. The molecule has 3 aromatic rings. The van der Waals surface area contributed by atoms with Crippen molar-refractivity contribution in [2.75, 3.05) is 14.2 Å². The van der Waals surface area contributed by atoms with Crippen LogP contribution in [0.5, 0.6) is 11.5 Å². The van der Waals surface area contributed by atoms with Gasteiger partial charge in [-0.25, -0.2) is 4.68 Å². The maximum Gasteiger partial charge on any atom is 0.434 e. The predicted octanol–water partition coefficient (Wildman–Crippen LogP) is 4.49. The van der Waals surface area contributed by atoms with Crippen LogP contribution in [0.4, 0.5) is 13.2 Å². The second-order valence-electron chi connectivity index (χ2n) is 6.15. The Balaban J connectivity index is 1.91. The van der Waals surface area contributed by atoms with Crippen LogP contribution in [0.15, 0.2) is 48.7 Å². The number of carbonyl (C=O) groups is 1. The molecule has 2 aromatic carbocycles. The average Bonchev–Trinajstić information content (AvgIpc) is 3.18. The first kappa shape index (κ1) is 21.5. The van der Waals surface area contributed by atoms with E-state index in [9.17, 15) is 18.0 Å². The largest absolute Gasteiger partial charge is 0.497 e. The minimum absolute atomic E-state index is 0.0668. The molecule has 0 unspecified atom stereocenters. The Kier molecular flexibility index (Phi) is 6.21. The minimum Gasteiger partial charge on any atom is -0.497 e. The van der Waals surface area contributed by atoms with Gasteiger partial charge in [-0.1, -0.05) is 11.6 Å². The number of rotatable bonds is 6. The SMILES string of the molecule is COc1ccc(OC)c(CNC(=O)c2cnn(-c3ccc(Cl)cc3)c2C(F)(F)F)c1. The van der Waals surface area contributed by atoms with Gasteiger partial charge in [0.1, 0.15) is 11.5 Å². The molecule has 0 radical (unpaired) electrons. The van der Waals surface area contributed by atoms with Crippen molar-refractivity contribution in [1.82, 2.24) is 15.1 Å². The fraction of sp³-hybridized carbons (Fsp3) is 0.200. The summed E-state index contributed by atoms with van der Waals surface area (Å²) in [6, 6.07) is 10.6. The number of aromatic nitrogens is 2.